The number of aliphatic hydroxyl groups excluding tert-OH is 1. The first-order valence-electron chi connectivity index (χ1n) is 3.98. The zero-order valence-corrected chi connectivity index (χ0v) is 7.04. The van der Waals surface area contributed by atoms with Crippen molar-refractivity contribution in [2.24, 2.45) is 0 Å². The van der Waals surface area contributed by atoms with Crippen LogP contribution in [0, 0.1) is 6.92 Å². The first-order chi connectivity index (χ1) is 5.24. The molecule has 1 nitrogen and oxygen atoms in total. The maximum atomic E-state index is 9.42. The zero-order chi connectivity index (χ0) is 8.27. The van der Waals surface area contributed by atoms with Crippen molar-refractivity contribution < 1.29 is 5.11 Å². The summed E-state index contributed by atoms with van der Waals surface area (Å²) in [6.45, 7) is 4.02. The van der Waals surface area contributed by atoms with Crippen LogP contribution in [0.4, 0.5) is 0 Å². The molecule has 0 saturated carbocycles. The highest BCUT2D eigenvalue weighted by Crippen LogP contribution is 2.15. The highest BCUT2D eigenvalue weighted by Gasteiger charge is 2.01. The van der Waals surface area contributed by atoms with E-state index in [-0.39, 0.29) is 6.10 Å². The third-order valence-electron chi connectivity index (χ3n) is 1.85. The smallest absolute Gasteiger partial charge is 0.0787 e. The fraction of sp³-hybridized carbons (Fsp3) is 0.400. The van der Waals surface area contributed by atoms with Crippen molar-refractivity contribution in [3.8, 4) is 0 Å². The predicted octanol–water partition coefficient (Wildman–Crippen LogP) is 2.44. The van der Waals surface area contributed by atoms with E-state index in [1.807, 2.05) is 38.1 Å². The fourth-order valence-corrected chi connectivity index (χ4v) is 1.02. The summed E-state index contributed by atoms with van der Waals surface area (Å²) in [7, 11) is 0. The second-order valence-corrected chi connectivity index (χ2v) is 2.83. The molecule has 1 atom stereocenters. The van der Waals surface area contributed by atoms with Crippen molar-refractivity contribution in [1.82, 2.24) is 0 Å². The molecule has 0 aliphatic heterocycles. The quantitative estimate of drug-likeness (QED) is 0.686. The van der Waals surface area contributed by atoms with E-state index in [0.29, 0.717) is 0 Å². The lowest BCUT2D eigenvalue weighted by atomic mass is 10.1. The van der Waals surface area contributed by atoms with Gasteiger partial charge in [0.05, 0.1) is 6.10 Å². The standard InChI is InChI=1S/C10H14O/c1-3-10(11)9-6-4-8(2)5-7-9/h4-7,10-11H,3H2,1-2H3/t10-/m0/s1. The Morgan fingerprint density at radius 1 is 1.27 bits per heavy atom. The molecule has 0 aliphatic carbocycles. The van der Waals surface area contributed by atoms with E-state index >= 15 is 0 Å². The van der Waals surface area contributed by atoms with Crippen molar-refractivity contribution in [3.05, 3.63) is 35.4 Å². The summed E-state index contributed by atoms with van der Waals surface area (Å²) in [5, 5.41) is 9.42. The van der Waals surface area contributed by atoms with Crippen molar-refractivity contribution >= 4 is 0 Å². The zero-order valence-electron chi connectivity index (χ0n) is 7.04. The molecule has 11 heavy (non-hydrogen) atoms. The maximum absolute atomic E-state index is 9.42. The van der Waals surface area contributed by atoms with Crippen LogP contribution in [-0.2, 0) is 0 Å². The average molecular weight is 150 g/mol. The summed E-state index contributed by atoms with van der Waals surface area (Å²) in [6.07, 6.45) is 0.485. The number of aryl methyl sites for hydroxylation is 1. The minimum atomic E-state index is -0.296. The van der Waals surface area contributed by atoms with E-state index < -0.39 is 0 Å². The molecule has 0 aromatic heterocycles. The van der Waals surface area contributed by atoms with Gasteiger partial charge in [-0.25, -0.2) is 0 Å². The van der Waals surface area contributed by atoms with Crippen LogP contribution in [0.3, 0.4) is 0 Å². The molecule has 1 aromatic carbocycles. The maximum Gasteiger partial charge on any atom is 0.0787 e. The van der Waals surface area contributed by atoms with Crippen LogP contribution in [-0.4, -0.2) is 5.11 Å². The average Bonchev–Trinajstić information content (AvgIpc) is 2.05. The molecule has 0 unspecified atom stereocenters. The van der Waals surface area contributed by atoms with Gasteiger partial charge in [-0.05, 0) is 18.9 Å². The van der Waals surface area contributed by atoms with Crippen LogP contribution in [0.1, 0.15) is 30.6 Å². The summed E-state index contributed by atoms with van der Waals surface area (Å²) in [6, 6.07) is 8.00. The number of hydrogen-bond acceptors (Lipinski definition) is 1. The molecule has 60 valence electrons. The second-order valence-electron chi connectivity index (χ2n) is 2.83. The molecule has 0 amide bonds. The molecule has 1 rings (SSSR count). The first kappa shape index (κ1) is 8.28. The normalized spacial score (nSPS) is 13.0. The Kier molecular flexibility index (Phi) is 2.66. The number of aliphatic hydroxyl groups is 1. The summed E-state index contributed by atoms with van der Waals surface area (Å²) in [4.78, 5) is 0. The van der Waals surface area contributed by atoms with Gasteiger partial charge in [-0.3, -0.25) is 0 Å². The van der Waals surface area contributed by atoms with E-state index in [1.165, 1.54) is 5.56 Å². The van der Waals surface area contributed by atoms with E-state index in [1.54, 1.807) is 0 Å². The highest BCUT2D eigenvalue weighted by atomic mass is 16.3. The van der Waals surface area contributed by atoms with Crippen LogP contribution in [0.25, 0.3) is 0 Å². The van der Waals surface area contributed by atoms with Gasteiger partial charge >= 0.3 is 0 Å². The molecule has 0 fully saturated rings. The molecule has 1 N–H and O–H groups in total. The van der Waals surface area contributed by atoms with Crippen LogP contribution >= 0.6 is 0 Å². The van der Waals surface area contributed by atoms with Gasteiger partial charge in [0, 0.05) is 0 Å². The van der Waals surface area contributed by atoms with Gasteiger partial charge in [-0.2, -0.15) is 0 Å². The third kappa shape index (κ3) is 2.05. The van der Waals surface area contributed by atoms with E-state index in [0.717, 1.165) is 12.0 Å². The Bertz CT molecular complexity index is 213. The fourth-order valence-electron chi connectivity index (χ4n) is 1.02. The summed E-state index contributed by atoms with van der Waals surface area (Å²) < 4.78 is 0. The van der Waals surface area contributed by atoms with Crippen LogP contribution in [0.2, 0.25) is 0 Å². The Morgan fingerprint density at radius 2 is 1.82 bits per heavy atom. The molecular formula is C10H14O. The number of hydrogen-bond donors (Lipinski definition) is 1. The van der Waals surface area contributed by atoms with Gasteiger partial charge in [0.1, 0.15) is 0 Å². The second kappa shape index (κ2) is 3.54. The van der Waals surface area contributed by atoms with Gasteiger partial charge in [0.2, 0.25) is 0 Å². The Hall–Kier alpha value is -0.820. The molecule has 0 aliphatic rings. The molecular weight excluding hydrogens is 136 g/mol. The van der Waals surface area contributed by atoms with Crippen LogP contribution < -0.4 is 0 Å². The van der Waals surface area contributed by atoms with Crippen molar-refractivity contribution in [2.75, 3.05) is 0 Å². The Morgan fingerprint density at radius 3 is 2.27 bits per heavy atom. The summed E-state index contributed by atoms with van der Waals surface area (Å²) >= 11 is 0. The third-order valence-corrected chi connectivity index (χ3v) is 1.85. The van der Waals surface area contributed by atoms with Crippen LogP contribution in [0.15, 0.2) is 24.3 Å². The Labute approximate surface area is 67.7 Å². The lowest BCUT2D eigenvalue weighted by molar-refractivity contribution is 0.173. The van der Waals surface area contributed by atoms with Crippen molar-refractivity contribution in [2.45, 2.75) is 26.4 Å². The van der Waals surface area contributed by atoms with Crippen molar-refractivity contribution in [1.29, 1.82) is 0 Å². The number of benzene rings is 1. The first-order valence-corrected chi connectivity index (χ1v) is 3.98. The largest absolute Gasteiger partial charge is 0.388 e. The number of rotatable bonds is 2. The molecule has 0 heterocycles. The molecule has 1 aromatic rings. The molecule has 0 bridgehead atoms. The van der Waals surface area contributed by atoms with E-state index in [4.69, 9.17) is 0 Å². The van der Waals surface area contributed by atoms with Crippen molar-refractivity contribution in [3.63, 3.8) is 0 Å². The summed E-state index contributed by atoms with van der Waals surface area (Å²) in [5.41, 5.74) is 2.25. The lowest BCUT2D eigenvalue weighted by Crippen LogP contribution is -1.93. The predicted molar refractivity (Wildman–Crippen MR) is 46.4 cm³/mol. The molecule has 0 spiro atoms. The minimum Gasteiger partial charge on any atom is -0.388 e. The van der Waals surface area contributed by atoms with Crippen LogP contribution in [0.5, 0.6) is 0 Å². The summed E-state index contributed by atoms with van der Waals surface area (Å²) in [5.74, 6) is 0. The van der Waals surface area contributed by atoms with E-state index in [2.05, 4.69) is 0 Å². The van der Waals surface area contributed by atoms with E-state index in [9.17, 15) is 5.11 Å². The highest BCUT2D eigenvalue weighted by molar-refractivity contribution is 5.22. The Balaban J connectivity index is 2.81. The van der Waals surface area contributed by atoms with Gasteiger partial charge in [0.25, 0.3) is 0 Å². The van der Waals surface area contributed by atoms with Gasteiger partial charge < -0.3 is 5.11 Å². The van der Waals surface area contributed by atoms with Gasteiger partial charge in [-0.15, -0.1) is 0 Å². The SMILES string of the molecule is CC[C@H](O)c1ccc(C)cc1. The molecule has 1 heteroatoms. The molecule has 0 radical (unpaired) electrons. The van der Waals surface area contributed by atoms with Gasteiger partial charge in [0.15, 0.2) is 0 Å². The lowest BCUT2D eigenvalue weighted by Gasteiger charge is -2.07. The topological polar surface area (TPSA) is 20.2 Å². The monoisotopic (exact) mass is 150 g/mol. The van der Waals surface area contributed by atoms with Gasteiger partial charge in [-0.1, -0.05) is 36.8 Å². The minimum absolute atomic E-state index is 0.296. The molecule has 0 saturated heterocycles.